The van der Waals surface area contributed by atoms with Crippen molar-refractivity contribution >= 4 is 42.4 Å². The van der Waals surface area contributed by atoms with Crippen LogP contribution in [-0.2, 0) is 26.9 Å². The molecule has 0 N–H and O–H groups in total. The van der Waals surface area contributed by atoms with Gasteiger partial charge in [-0.3, -0.25) is 14.7 Å². The lowest BCUT2D eigenvalue weighted by Gasteiger charge is -2.19. The standard InChI is InChI=1S/C24H23N3O3S2/c1-18-10-11-21-22(15-18)31-24(26-21)27(16-20-9-5-6-13-25-20)23(28)12-14-32(29,30)17-19-7-3-2-4-8-19/h2-11,13,15H,12,14,16-17H2,1H3. The minimum absolute atomic E-state index is 0.0816. The number of thiazole rings is 1. The van der Waals surface area contributed by atoms with Gasteiger partial charge in [-0.15, -0.1) is 0 Å². The highest BCUT2D eigenvalue weighted by molar-refractivity contribution is 7.90. The van der Waals surface area contributed by atoms with Gasteiger partial charge in [-0.1, -0.05) is 53.8 Å². The average Bonchev–Trinajstić information content (AvgIpc) is 3.20. The van der Waals surface area contributed by atoms with Crippen LogP contribution in [0, 0.1) is 6.92 Å². The van der Waals surface area contributed by atoms with E-state index >= 15 is 0 Å². The van der Waals surface area contributed by atoms with E-state index in [9.17, 15) is 13.2 Å². The monoisotopic (exact) mass is 465 g/mol. The molecule has 0 atom stereocenters. The molecule has 0 saturated heterocycles. The zero-order chi connectivity index (χ0) is 22.6. The number of hydrogen-bond donors (Lipinski definition) is 0. The second-order valence-electron chi connectivity index (χ2n) is 7.60. The summed E-state index contributed by atoms with van der Waals surface area (Å²) in [7, 11) is -3.43. The maximum atomic E-state index is 13.2. The van der Waals surface area contributed by atoms with E-state index in [1.807, 2.05) is 49.4 Å². The van der Waals surface area contributed by atoms with E-state index in [0.717, 1.165) is 15.8 Å². The molecule has 2 heterocycles. The molecule has 0 aliphatic rings. The summed E-state index contributed by atoms with van der Waals surface area (Å²) in [6.07, 6.45) is 1.56. The van der Waals surface area contributed by atoms with Crippen molar-refractivity contribution < 1.29 is 13.2 Å². The minimum Gasteiger partial charge on any atom is -0.282 e. The fraction of sp³-hybridized carbons (Fsp3) is 0.208. The predicted octanol–water partition coefficient (Wildman–Crippen LogP) is 4.54. The number of pyridine rings is 1. The summed E-state index contributed by atoms with van der Waals surface area (Å²) in [6.45, 7) is 2.24. The predicted molar refractivity (Wildman–Crippen MR) is 128 cm³/mol. The molecule has 0 aliphatic heterocycles. The lowest BCUT2D eigenvalue weighted by atomic mass is 10.2. The van der Waals surface area contributed by atoms with E-state index < -0.39 is 9.84 Å². The van der Waals surface area contributed by atoms with Crippen LogP contribution < -0.4 is 4.90 Å². The van der Waals surface area contributed by atoms with Gasteiger partial charge < -0.3 is 0 Å². The molecule has 0 fully saturated rings. The lowest BCUT2D eigenvalue weighted by molar-refractivity contribution is -0.118. The lowest BCUT2D eigenvalue weighted by Crippen LogP contribution is -2.32. The molecule has 4 aromatic rings. The Balaban J connectivity index is 1.55. The van der Waals surface area contributed by atoms with Crippen molar-refractivity contribution in [2.45, 2.75) is 25.6 Å². The van der Waals surface area contributed by atoms with Gasteiger partial charge in [0.1, 0.15) is 0 Å². The van der Waals surface area contributed by atoms with Crippen molar-refractivity contribution in [2.75, 3.05) is 10.7 Å². The molecule has 4 rings (SSSR count). The second kappa shape index (κ2) is 9.58. The van der Waals surface area contributed by atoms with Gasteiger partial charge in [-0.2, -0.15) is 0 Å². The normalized spacial score (nSPS) is 11.5. The first-order chi connectivity index (χ1) is 15.4. The fourth-order valence-electron chi connectivity index (χ4n) is 3.33. The SMILES string of the molecule is Cc1ccc2nc(N(Cc3ccccn3)C(=O)CCS(=O)(=O)Cc3ccccc3)sc2c1. The van der Waals surface area contributed by atoms with Crippen molar-refractivity contribution in [2.24, 2.45) is 0 Å². The Morgan fingerprint density at radius 3 is 2.56 bits per heavy atom. The van der Waals surface area contributed by atoms with E-state index in [0.29, 0.717) is 16.4 Å². The number of carbonyl (C=O) groups excluding carboxylic acids is 1. The van der Waals surface area contributed by atoms with Crippen molar-refractivity contribution in [1.29, 1.82) is 0 Å². The molecular weight excluding hydrogens is 442 g/mol. The number of rotatable bonds is 8. The maximum Gasteiger partial charge on any atom is 0.230 e. The summed E-state index contributed by atoms with van der Waals surface area (Å²) in [5.41, 5.74) is 3.35. The summed E-state index contributed by atoms with van der Waals surface area (Å²) < 4.78 is 26.2. The van der Waals surface area contributed by atoms with Crippen LogP contribution in [0.25, 0.3) is 10.2 Å². The number of nitrogens with zero attached hydrogens (tertiary/aromatic N) is 3. The summed E-state index contributed by atoms with van der Waals surface area (Å²) in [5, 5.41) is 0.543. The van der Waals surface area contributed by atoms with Gasteiger partial charge in [0.15, 0.2) is 15.0 Å². The van der Waals surface area contributed by atoms with Gasteiger partial charge >= 0.3 is 0 Å². The van der Waals surface area contributed by atoms with Crippen LogP contribution in [0.4, 0.5) is 5.13 Å². The van der Waals surface area contributed by atoms with E-state index in [2.05, 4.69) is 9.97 Å². The molecule has 6 nitrogen and oxygen atoms in total. The molecule has 2 aromatic heterocycles. The third-order valence-electron chi connectivity index (χ3n) is 4.97. The van der Waals surface area contributed by atoms with Crippen LogP contribution in [0.5, 0.6) is 0 Å². The Morgan fingerprint density at radius 2 is 1.81 bits per heavy atom. The van der Waals surface area contributed by atoms with Crippen molar-refractivity contribution in [3.8, 4) is 0 Å². The van der Waals surface area contributed by atoms with Crippen molar-refractivity contribution in [1.82, 2.24) is 9.97 Å². The van der Waals surface area contributed by atoms with Gasteiger partial charge in [-0.05, 0) is 42.3 Å². The molecule has 0 unspecified atom stereocenters. The van der Waals surface area contributed by atoms with Crippen LogP contribution in [0.15, 0.2) is 72.9 Å². The highest BCUT2D eigenvalue weighted by Crippen LogP contribution is 2.31. The first-order valence-electron chi connectivity index (χ1n) is 10.2. The Morgan fingerprint density at radius 1 is 1.03 bits per heavy atom. The molecule has 0 saturated carbocycles. The van der Waals surface area contributed by atoms with E-state index in [4.69, 9.17) is 0 Å². The topological polar surface area (TPSA) is 80.2 Å². The third kappa shape index (κ3) is 5.57. The number of aryl methyl sites for hydroxylation is 1. The van der Waals surface area contributed by atoms with E-state index in [-0.39, 0.29) is 30.4 Å². The Bertz CT molecular complexity index is 1320. The Labute approximate surface area is 191 Å². The van der Waals surface area contributed by atoms with Crippen LogP contribution in [0.3, 0.4) is 0 Å². The summed E-state index contributed by atoms with van der Waals surface area (Å²) >= 11 is 1.42. The van der Waals surface area contributed by atoms with Crippen LogP contribution in [-0.4, -0.2) is 30.0 Å². The van der Waals surface area contributed by atoms with Gasteiger partial charge in [0.05, 0.1) is 34.0 Å². The van der Waals surface area contributed by atoms with Gasteiger partial charge in [0.2, 0.25) is 5.91 Å². The summed E-state index contributed by atoms with van der Waals surface area (Å²) in [5.74, 6) is -0.589. The highest BCUT2D eigenvalue weighted by Gasteiger charge is 2.23. The number of anilines is 1. The first kappa shape index (κ1) is 22.1. The average molecular weight is 466 g/mol. The summed E-state index contributed by atoms with van der Waals surface area (Å²) in [4.78, 5) is 23.7. The molecule has 0 aliphatic carbocycles. The zero-order valence-electron chi connectivity index (χ0n) is 17.6. The number of hydrogen-bond acceptors (Lipinski definition) is 6. The van der Waals surface area contributed by atoms with Crippen molar-refractivity contribution in [3.63, 3.8) is 0 Å². The quantitative estimate of drug-likeness (QED) is 0.382. The second-order valence-corrected chi connectivity index (χ2v) is 10.8. The maximum absolute atomic E-state index is 13.2. The van der Waals surface area contributed by atoms with E-state index in [1.54, 1.807) is 35.4 Å². The molecule has 0 radical (unpaired) electrons. The number of fused-ring (bicyclic) bond motifs is 1. The number of aromatic nitrogens is 2. The highest BCUT2D eigenvalue weighted by atomic mass is 32.2. The van der Waals surface area contributed by atoms with Crippen LogP contribution >= 0.6 is 11.3 Å². The largest absolute Gasteiger partial charge is 0.282 e. The number of benzene rings is 2. The number of sulfone groups is 1. The third-order valence-corrected chi connectivity index (χ3v) is 7.61. The van der Waals surface area contributed by atoms with Gasteiger partial charge in [0, 0.05) is 12.6 Å². The zero-order valence-corrected chi connectivity index (χ0v) is 19.3. The molecule has 32 heavy (non-hydrogen) atoms. The molecule has 164 valence electrons. The van der Waals surface area contributed by atoms with Gasteiger partial charge in [0.25, 0.3) is 0 Å². The molecule has 2 aromatic carbocycles. The van der Waals surface area contributed by atoms with Crippen LogP contribution in [0.2, 0.25) is 0 Å². The molecule has 1 amide bonds. The molecule has 0 bridgehead atoms. The fourth-order valence-corrected chi connectivity index (χ4v) is 5.74. The minimum atomic E-state index is -3.43. The molecular formula is C24H23N3O3S2. The first-order valence-corrected chi connectivity index (χ1v) is 12.9. The smallest absolute Gasteiger partial charge is 0.230 e. The Kier molecular flexibility index (Phi) is 6.62. The van der Waals surface area contributed by atoms with Crippen molar-refractivity contribution in [3.05, 3.63) is 89.7 Å². The molecule has 0 spiro atoms. The van der Waals surface area contributed by atoms with Crippen LogP contribution in [0.1, 0.15) is 23.2 Å². The Hall–Kier alpha value is -3.10. The van der Waals surface area contributed by atoms with Gasteiger partial charge in [-0.25, -0.2) is 13.4 Å². The number of carbonyl (C=O) groups is 1. The molecule has 8 heteroatoms. The number of amides is 1. The van der Waals surface area contributed by atoms with E-state index in [1.165, 1.54) is 11.3 Å². The summed E-state index contributed by atoms with van der Waals surface area (Å²) in [6, 6.07) is 20.4.